The fourth-order valence-electron chi connectivity index (χ4n) is 2.56. The summed E-state index contributed by atoms with van der Waals surface area (Å²) in [7, 11) is -3.70. The highest BCUT2D eigenvalue weighted by atomic mass is 32.2. The van der Waals surface area contributed by atoms with Crippen LogP contribution in [0.2, 0.25) is 0 Å². The van der Waals surface area contributed by atoms with Crippen LogP contribution in [0.3, 0.4) is 0 Å². The predicted octanol–water partition coefficient (Wildman–Crippen LogP) is 3.86. The third kappa shape index (κ3) is 4.43. The van der Waals surface area contributed by atoms with Crippen LogP contribution in [0.4, 0.5) is 0 Å². The molecule has 0 radical (unpaired) electrons. The van der Waals surface area contributed by atoms with E-state index in [4.69, 9.17) is 6.42 Å². The number of sulfonamides is 1. The summed E-state index contributed by atoms with van der Waals surface area (Å²) in [5, 5.41) is 0. The molecule has 0 fully saturated rings. The molecule has 0 saturated heterocycles. The number of aryl methyl sites for hydroxylation is 1. The van der Waals surface area contributed by atoms with Crippen LogP contribution in [0.1, 0.15) is 44.6 Å². The molecule has 0 N–H and O–H groups in total. The largest absolute Gasteiger partial charge is 0.271 e. The number of hydrogen-bond donors (Lipinski definition) is 0. The summed E-state index contributed by atoms with van der Waals surface area (Å²) >= 11 is 0. The van der Waals surface area contributed by atoms with Gasteiger partial charge in [-0.3, -0.25) is 0 Å². The molecule has 0 spiro atoms. The smallest absolute Gasteiger partial charge is 0.220 e. The van der Waals surface area contributed by atoms with Crippen molar-refractivity contribution in [3.8, 4) is 24.3 Å². The molecule has 2 rings (SSSR count). The molecule has 1 atom stereocenters. The first kappa shape index (κ1) is 18.2. The topological polar surface area (TPSA) is 37.4 Å². The van der Waals surface area contributed by atoms with E-state index in [1.54, 1.807) is 31.2 Å². The second kappa shape index (κ2) is 8.08. The molecular formula is C20H23NO2S. The minimum absolute atomic E-state index is 0.240. The molecule has 0 amide bonds. The van der Waals surface area contributed by atoms with Gasteiger partial charge in [0.15, 0.2) is 0 Å². The molecular weight excluding hydrogens is 318 g/mol. The van der Waals surface area contributed by atoms with Crippen molar-refractivity contribution in [1.29, 1.82) is 0 Å². The molecule has 0 aliphatic heterocycles. The van der Waals surface area contributed by atoms with E-state index in [-0.39, 0.29) is 10.9 Å². The number of terminal acetylenes is 1. The minimum Gasteiger partial charge on any atom is -0.220 e. The van der Waals surface area contributed by atoms with Gasteiger partial charge in [-0.25, -0.2) is 12.7 Å². The molecule has 1 unspecified atom stereocenters. The normalized spacial score (nSPS) is 15.5. The zero-order valence-electron chi connectivity index (χ0n) is 14.2. The second-order valence-electron chi connectivity index (χ2n) is 6.08. The van der Waals surface area contributed by atoms with E-state index in [1.165, 1.54) is 10.7 Å². The van der Waals surface area contributed by atoms with Gasteiger partial charge < -0.3 is 0 Å². The first-order chi connectivity index (χ1) is 11.4. The van der Waals surface area contributed by atoms with E-state index in [9.17, 15) is 8.42 Å². The van der Waals surface area contributed by atoms with E-state index < -0.39 is 10.0 Å². The molecule has 0 saturated carbocycles. The Bertz CT molecular complexity index is 802. The van der Waals surface area contributed by atoms with Crippen molar-refractivity contribution in [1.82, 2.24) is 4.31 Å². The van der Waals surface area contributed by atoms with Gasteiger partial charge in [-0.15, -0.1) is 12.3 Å². The third-order valence-electron chi connectivity index (χ3n) is 4.01. The van der Waals surface area contributed by atoms with E-state index in [0.29, 0.717) is 6.42 Å². The van der Waals surface area contributed by atoms with Crippen LogP contribution in [0.25, 0.3) is 0 Å². The number of allylic oxidation sites excluding steroid dienone is 2. The lowest BCUT2D eigenvalue weighted by molar-refractivity contribution is 0.441. The highest BCUT2D eigenvalue weighted by Gasteiger charge is 2.26. The molecule has 126 valence electrons. The SMILES string of the molecule is C#CCC(C)N(C#CC1=CCCCC1)S(=O)(=O)c1ccc(C)cc1. The van der Waals surface area contributed by atoms with Gasteiger partial charge in [0, 0.05) is 12.5 Å². The molecule has 1 aromatic rings. The summed E-state index contributed by atoms with van der Waals surface area (Å²) in [5.41, 5.74) is 2.02. The number of benzene rings is 1. The molecule has 24 heavy (non-hydrogen) atoms. The lowest BCUT2D eigenvalue weighted by Crippen LogP contribution is -2.34. The fourth-order valence-corrected chi connectivity index (χ4v) is 3.98. The maximum Gasteiger partial charge on any atom is 0.271 e. The van der Waals surface area contributed by atoms with Gasteiger partial charge in [0.2, 0.25) is 0 Å². The molecule has 1 aromatic carbocycles. The zero-order chi connectivity index (χ0) is 17.6. The monoisotopic (exact) mass is 341 g/mol. The molecule has 4 heteroatoms. The van der Waals surface area contributed by atoms with Crippen LogP contribution in [-0.4, -0.2) is 18.8 Å². The summed E-state index contributed by atoms with van der Waals surface area (Å²) in [4.78, 5) is 0.240. The summed E-state index contributed by atoms with van der Waals surface area (Å²) in [6.45, 7) is 3.71. The van der Waals surface area contributed by atoms with Gasteiger partial charge in [-0.05, 0) is 63.2 Å². The molecule has 1 aliphatic rings. The Hall–Kier alpha value is -2.17. The van der Waals surface area contributed by atoms with Crippen LogP contribution in [0, 0.1) is 31.2 Å². The molecule has 0 aromatic heterocycles. The second-order valence-corrected chi connectivity index (χ2v) is 7.90. The van der Waals surface area contributed by atoms with Crippen molar-refractivity contribution in [3.05, 3.63) is 41.5 Å². The summed E-state index contributed by atoms with van der Waals surface area (Å²) in [5.74, 6) is 5.57. The van der Waals surface area contributed by atoms with E-state index in [2.05, 4.69) is 24.0 Å². The Morgan fingerprint density at radius 1 is 1.25 bits per heavy atom. The summed E-state index contributed by atoms with van der Waals surface area (Å²) < 4.78 is 27.2. The molecule has 0 bridgehead atoms. The average molecular weight is 341 g/mol. The Morgan fingerprint density at radius 2 is 1.96 bits per heavy atom. The predicted molar refractivity (Wildman–Crippen MR) is 97.4 cm³/mol. The van der Waals surface area contributed by atoms with E-state index in [1.807, 2.05) is 6.92 Å². The first-order valence-corrected chi connectivity index (χ1v) is 9.64. The quantitative estimate of drug-likeness (QED) is 0.616. The third-order valence-corrected chi connectivity index (χ3v) is 5.85. The van der Waals surface area contributed by atoms with Gasteiger partial charge in [0.25, 0.3) is 10.0 Å². The Balaban J connectivity index is 2.38. The molecule has 1 aliphatic carbocycles. The standard InChI is InChI=1S/C20H23NO2S/c1-4-8-18(3)21(16-15-19-9-6-5-7-10-19)24(22,23)20-13-11-17(2)12-14-20/h1,9,11-14,18H,5-8,10H2,2-3H3. The zero-order valence-corrected chi connectivity index (χ0v) is 15.1. The van der Waals surface area contributed by atoms with Crippen molar-refractivity contribution in [2.45, 2.75) is 56.9 Å². The molecule has 0 heterocycles. The highest BCUT2D eigenvalue weighted by Crippen LogP contribution is 2.21. The summed E-state index contributed by atoms with van der Waals surface area (Å²) in [6, 6.07) is 9.28. The van der Waals surface area contributed by atoms with Crippen LogP contribution in [-0.2, 0) is 10.0 Å². The van der Waals surface area contributed by atoms with Gasteiger partial charge in [0.1, 0.15) is 0 Å². The van der Waals surface area contributed by atoms with Crippen LogP contribution in [0.15, 0.2) is 40.8 Å². The van der Waals surface area contributed by atoms with Crippen LogP contribution < -0.4 is 0 Å². The van der Waals surface area contributed by atoms with Crippen LogP contribution in [0.5, 0.6) is 0 Å². The average Bonchev–Trinajstić information content (AvgIpc) is 2.56. The van der Waals surface area contributed by atoms with E-state index >= 15 is 0 Å². The first-order valence-electron chi connectivity index (χ1n) is 8.20. The lowest BCUT2D eigenvalue weighted by Gasteiger charge is -2.23. The van der Waals surface area contributed by atoms with Gasteiger partial charge in [-0.2, -0.15) is 0 Å². The van der Waals surface area contributed by atoms with Crippen molar-refractivity contribution in [2.75, 3.05) is 0 Å². The van der Waals surface area contributed by atoms with Crippen molar-refractivity contribution in [2.24, 2.45) is 0 Å². The number of hydrogen-bond acceptors (Lipinski definition) is 2. The molecule has 3 nitrogen and oxygen atoms in total. The number of nitrogens with zero attached hydrogens (tertiary/aromatic N) is 1. The Morgan fingerprint density at radius 3 is 2.54 bits per heavy atom. The highest BCUT2D eigenvalue weighted by molar-refractivity contribution is 7.89. The van der Waals surface area contributed by atoms with Crippen molar-refractivity contribution in [3.63, 3.8) is 0 Å². The van der Waals surface area contributed by atoms with Crippen molar-refractivity contribution < 1.29 is 8.42 Å². The summed E-state index contributed by atoms with van der Waals surface area (Å²) in [6.07, 6.45) is 12.0. The Kier molecular flexibility index (Phi) is 6.12. The Labute approximate surface area is 145 Å². The van der Waals surface area contributed by atoms with Gasteiger partial charge in [-0.1, -0.05) is 23.8 Å². The lowest BCUT2D eigenvalue weighted by atomic mass is 10.0. The van der Waals surface area contributed by atoms with Crippen molar-refractivity contribution >= 4 is 10.0 Å². The maximum atomic E-state index is 13.0. The minimum atomic E-state index is -3.70. The maximum absolute atomic E-state index is 13.0. The van der Waals surface area contributed by atoms with Gasteiger partial charge >= 0.3 is 0 Å². The van der Waals surface area contributed by atoms with Crippen LogP contribution >= 0.6 is 0 Å². The number of rotatable bonds is 4. The van der Waals surface area contributed by atoms with Gasteiger partial charge in [0.05, 0.1) is 10.9 Å². The fraction of sp³-hybridized carbons (Fsp3) is 0.400. The van der Waals surface area contributed by atoms with E-state index in [0.717, 1.165) is 30.4 Å².